The summed E-state index contributed by atoms with van der Waals surface area (Å²) in [6.07, 6.45) is 4.79. The first-order valence-corrected chi connectivity index (χ1v) is 7.32. The van der Waals surface area contributed by atoms with E-state index in [0.717, 1.165) is 12.8 Å². The van der Waals surface area contributed by atoms with Crippen molar-refractivity contribution in [2.24, 2.45) is 5.92 Å². The predicted octanol–water partition coefficient (Wildman–Crippen LogP) is 0.974. The van der Waals surface area contributed by atoms with Gasteiger partial charge in [-0.1, -0.05) is 6.42 Å². The molecule has 1 aromatic heterocycles. The van der Waals surface area contributed by atoms with Gasteiger partial charge in [-0.2, -0.15) is 0 Å². The minimum absolute atomic E-state index is 0.0266. The molecular weight excluding hydrogens is 240 g/mol. The summed E-state index contributed by atoms with van der Waals surface area (Å²) in [4.78, 5) is 2.91. The fraction of sp³-hybridized carbons (Fsp3) is 0.636. The first-order valence-electron chi connectivity index (χ1n) is 5.83. The number of hydrogen-bond acceptors (Lipinski definition) is 3. The van der Waals surface area contributed by atoms with Gasteiger partial charge in [-0.15, -0.1) is 0 Å². The summed E-state index contributed by atoms with van der Waals surface area (Å²) >= 11 is 0. The molecule has 1 atom stereocenters. The number of H-pyrrole nitrogens is 1. The van der Waals surface area contributed by atoms with Crippen LogP contribution in [0.5, 0.6) is 0 Å². The summed E-state index contributed by atoms with van der Waals surface area (Å²) in [5, 5.41) is 8.89. The second-order valence-electron chi connectivity index (χ2n) is 4.62. The van der Waals surface area contributed by atoms with Crippen LogP contribution in [0.2, 0.25) is 0 Å². The van der Waals surface area contributed by atoms with Crippen molar-refractivity contribution in [2.75, 3.05) is 0 Å². The number of hydrogen-bond donors (Lipinski definition) is 3. The minimum atomic E-state index is -3.46. The van der Waals surface area contributed by atoms with Gasteiger partial charge in [0.05, 0.1) is 11.5 Å². The summed E-state index contributed by atoms with van der Waals surface area (Å²) < 4.78 is 26.7. The molecule has 1 aromatic rings. The maximum absolute atomic E-state index is 12.0. The van der Waals surface area contributed by atoms with Crippen LogP contribution in [-0.4, -0.2) is 24.6 Å². The highest BCUT2D eigenvalue weighted by molar-refractivity contribution is 7.89. The molecule has 1 aliphatic carbocycles. The Labute approximate surface area is 101 Å². The van der Waals surface area contributed by atoms with E-state index in [0.29, 0.717) is 11.6 Å². The Morgan fingerprint density at radius 1 is 1.59 bits per heavy atom. The smallest absolute Gasteiger partial charge is 0.242 e. The molecule has 1 heterocycles. The van der Waals surface area contributed by atoms with Crippen molar-refractivity contribution in [1.82, 2.24) is 9.71 Å². The van der Waals surface area contributed by atoms with E-state index in [-0.39, 0.29) is 17.5 Å². The van der Waals surface area contributed by atoms with Crippen LogP contribution in [0.3, 0.4) is 0 Å². The van der Waals surface area contributed by atoms with Crippen molar-refractivity contribution < 1.29 is 13.5 Å². The van der Waals surface area contributed by atoms with Crippen molar-refractivity contribution in [1.29, 1.82) is 0 Å². The van der Waals surface area contributed by atoms with Gasteiger partial charge in [0.1, 0.15) is 0 Å². The van der Waals surface area contributed by atoms with Crippen LogP contribution in [-0.2, 0) is 16.6 Å². The Bertz CT molecular complexity index is 477. The Morgan fingerprint density at radius 2 is 2.29 bits per heavy atom. The van der Waals surface area contributed by atoms with Gasteiger partial charge in [0.25, 0.3) is 0 Å². The molecule has 0 saturated heterocycles. The Balaban J connectivity index is 2.07. The van der Waals surface area contributed by atoms with Gasteiger partial charge in [-0.25, -0.2) is 13.1 Å². The molecule has 0 aromatic carbocycles. The van der Waals surface area contributed by atoms with E-state index >= 15 is 0 Å². The van der Waals surface area contributed by atoms with Crippen LogP contribution < -0.4 is 4.72 Å². The van der Waals surface area contributed by atoms with Gasteiger partial charge in [0.15, 0.2) is 0 Å². The van der Waals surface area contributed by atoms with Crippen molar-refractivity contribution >= 4 is 10.0 Å². The summed E-state index contributed by atoms with van der Waals surface area (Å²) in [5.41, 5.74) is 0.502. The highest BCUT2D eigenvalue weighted by Crippen LogP contribution is 2.30. The quantitative estimate of drug-likeness (QED) is 0.736. The molecule has 1 fully saturated rings. The predicted molar refractivity (Wildman–Crippen MR) is 63.8 cm³/mol. The molecule has 6 heteroatoms. The Morgan fingerprint density at radius 3 is 2.76 bits per heavy atom. The molecule has 3 N–H and O–H groups in total. The molecule has 5 nitrogen and oxygen atoms in total. The standard InChI is InChI=1S/C11H18N2O3S/c1-8(9-3-2-4-9)13-17(15,16)11-5-10(7-14)12-6-11/h5-6,8-9,12-14H,2-4,7H2,1H3. The molecule has 0 amide bonds. The van der Waals surface area contributed by atoms with E-state index in [1.165, 1.54) is 18.7 Å². The largest absolute Gasteiger partial charge is 0.390 e. The Hall–Kier alpha value is -0.850. The zero-order valence-electron chi connectivity index (χ0n) is 9.81. The van der Waals surface area contributed by atoms with Crippen molar-refractivity contribution in [2.45, 2.75) is 43.7 Å². The molecular formula is C11H18N2O3S. The number of rotatable bonds is 5. The number of aliphatic hydroxyl groups is 1. The first kappa shape index (κ1) is 12.6. The monoisotopic (exact) mass is 258 g/mol. The third kappa shape index (κ3) is 2.70. The van der Waals surface area contributed by atoms with Crippen molar-refractivity contribution in [3.63, 3.8) is 0 Å². The average molecular weight is 258 g/mol. The molecule has 1 saturated carbocycles. The van der Waals surface area contributed by atoms with E-state index in [4.69, 9.17) is 5.11 Å². The van der Waals surface area contributed by atoms with Gasteiger partial charge < -0.3 is 10.1 Å². The maximum Gasteiger partial charge on any atom is 0.242 e. The van der Waals surface area contributed by atoms with Gasteiger partial charge in [-0.05, 0) is 31.7 Å². The highest BCUT2D eigenvalue weighted by atomic mass is 32.2. The number of sulfonamides is 1. The second kappa shape index (κ2) is 4.80. The second-order valence-corrected chi connectivity index (χ2v) is 6.33. The molecule has 2 rings (SSSR count). The number of aromatic amines is 1. The normalized spacial score (nSPS) is 18.9. The molecule has 0 spiro atoms. The number of nitrogens with one attached hydrogen (secondary N) is 2. The van der Waals surface area contributed by atoms with Crippen LogP contribution in [0, 0.1) is 5.92 Å². The zero-order chi connectivity index (χ0) is 12.5. The highest BCUT2D eigenvalue weighted by Gasteiger charge is 2.28. The molecule has 0 radical (unpaired) electrons. The van der Waals surface area contributed by atoms with Crippen LogP contribution in [0.25, 0.3) is 0 Å². The lowest BCUT2D eigenvalue weighted by Gasteiger charge is -2.31. The fourth-order valence-electron chi connectivity index (χ4n) is 2.01. The lowest BCUT2D eigenvalue weighted by Crippen LogP contribution is -2.40. The molecule has 0 aliphatic heterocycles. The first-order chi connectivity index (χ1) is 8.03. The topological polar surface area (TPSA) is 82.2 Å². The fourth-order valence-corrected chi connectivity index (χ4v) is 3.34. The average Bonchev–Trinajstić information content (AvgIpc) is 2.62. The van der Waals surface area contributed by atoms with Crippen LogP contribution >= 0.6 is 0 Å². The molecule has 17 heavy (non-hydrogen) atoms. The molecule has 1 unspecified atom stereocenters. The van der Waals surface area contributed by atoms with E-state index in [1.54, 1.807) is 0 Å². The van der Waals surface area contributed by atoms with Crippen molar-refractivity contribution in [3.8, 4) is 0 Å². The third-order valence-electron chi connectivity index (χ3n) is 3.39. The molecule has 1 aliphatic rings. The lowest BCUT2D eigenvalue weighted by molar-refractivity contribution is 0.260. The summed E-state index contributed by atoms with van der Waals surface area (Å²) in [7, 11) is -3.46. The zero-order valence-corrected chi connectivity index (χ0v) is 10.6. The van der Waals surface area contributed by atoms with E-state index in [9.17, 15) is 8.42 Å². The van der Waals surface area contributed by atoms with Crippen molar-refractivity contribution in [3.05, 3.63) is 18.0 Å². The molecule has 96 valence electrons. The van der Waals surface area contributed by atoms with E-state index in [2.05, 4.69) is 9.71 Å². The number of aromatic nitrogens is 1. The SMILES string of the molecule is CC(NS(=O)(=O)c1c[nH]c(CO)c1)C1CCC1. The summed E-state index contributed by atoms with van der Waals surface area (Å²) in [6, 6.07) is 1.43. The molecule has 0 bridgehead atoms. The van der Waals surface area contributed by atoms with Gasteiger partial charge in [0, 0.05) is 17.9 Å². The summed E-state index contributed by atoms with van der Waals surface area (Å²) in [6.45, 7) is 1.72. The number of aliphatic hydroxyl groups excluding tert-OH is 1. The van der Waals surface area contributed by atoms with Gasteiger partial charge >= 0.3 is 0 Å². The van der Waals surface area contributed by atoms with E-state index in [1.807, 2.05) is 6.92 Å². The van der Waals surface area contributed by atoms with Gasteiger partial charge in [-0.3, -0.25) is 0 Å². The third-order valence-corrected chi connectivity index (χ3v) is 4.93. The van der Waals surface area contributed by atoms with Crippen LogP contribution in [0.15, 0.2) is 17.2 Å². The van der Waals surface area contributed by atoms with Crippen LogP contribution in [0.1, 0.15) is 31.9 Å². The minimum Gasteiger partial charge on any atom is -0.390 e. The van der Waals surface area contributed by atoms with E-state index < -0.39 is 10.0 Å². The van der Waals surface area contributed by atoms with Crippen LogP contribution in [0.4, 0.5) is 0 Å². The maximum atomic E-state index is 12.0. The summed E-state index contributed by atoms with van der Waals surface area (Å²) in [5.74, 6) is 0.459. The van der Waals surface area contributed by atoms with Gasteiger partial charge in [0.2, 0.25) is 10.0 Å². The Kier molecular flexibility index (Phi) is 3.56. The lowest BCUT2D eigenvalue weighted by atomic mass is 9.81.